The Morgan fingerprint density at radius 1 is 0.810 bits per heavy atom. The van der Waals surface area contributed by atoms with E-state index in [1.54, 1.807) is 25.7 Å². The van der Waals surface area contributed by atoms with Crippen molar-refractivity contribution >= 4 is 22.6 Å². The molecular weight excluding hydrogens is 367 g/mol. The molecule has 0 spiro atoms. The molecule has 1 unspecified atom stereocenters. The minimum absolute atomic E-state index is 1.01. The third kappa shape index (κ3) is 5.70. The first-order valence-corrected chi connectivity index (χ1v) is 11.3. The third-order valence-electron chi connectivity index (χ3n) is 6.70. The standard InChI is InChI=1S/C20H37I/c1-3-4-5-6-17-7-11-19(12-8-17)16(2)20-13-9-18(15-21)10-14-20/h16-20H,3-15H2,1-2H3. The lowest BCUT2D eigenvalue weighted by Crippen LogP contribution is -2.28. The van der Waals surface area contributed by atoms with Crippen molar-refractivity contribution in [2.75, 3.05) is 4.43 Å². The SMILES string of the molecule is CCCCCC1CCC(C(C)C2CCC(CI)CC2)CC1. The van der Waals surface area contributed by atoms with E-state index in [0.29, 0.717) is 0 Å². The molecule has 0 heterocycles. The molecule has 2 saturated carbocycles. The Kier molecular flexibility index (Phi) is 8.41. The van der Waals surface area contributed by atoms with E-state index in [9.17, 15) is 0 Å². The van der Waals surface area contributed by atoms with E-state index in [4.69, 9.17) is 0 Å². The fourth-order valence-corrected chi connectivity index (χ4v) is 5.82. The number of halogens is 1. The normalized spacial score (nSPS) is 35.6. The fourth-order valence-electron chi connectivity index (χ4n) is 4.94. The lowest BCUT2D eigenvalue weighted by Gasteiger charge is -2.39. The fraction of sp³-hybridized carbons (Fsp3) is 1.00. The smallest absolute Gasteiger partial charge is 0.00237 e. The maximum Gasteiger partial charge on any atom is 0.00237 e. The number of hydrogen-bond acceptors (Lipinski definition) is 0. The Labute approximate surface area is 147 Å². The highest BCUT2D eigenvalue weighted by Crippen LogP contribution is 2.43. The predicted octanol–water partition coefficient (Wildman–Crippen LogP) is 7.25. The van der Waals surface area contributed by atoms with Crippen LogP contribution < -0.4 is 0 Å². The van der Waals surface area contributed by atoms with Gasteiger partial charge in [-0.15, -0.1) is 0 Å². The summed E-state index contributed by atoms with van der Waals surface area (Å²) in [4.78, 5) is 0. The van der Waals surface area contributed by atoms with E-state index in [2.05, 4.69) is 36.4 Å². The lowest BCUT2D eigenvalue weighted by molar-refractivity contribution is 0.126. The highest BCUT2D eigenvalue weighted by molar-refractivity contribution is 14.1. The van der Waals surface area contributed by atoms with Crippen LogP contribution in [0, 0.1) is 29.6 Å². The molecule has 0 saturated heterocycles. The molecule has 0 N–H and O–H groups in total. The molecule has 0 nitrogen and oxygen atoms in total. The van der Waals surface area contributed by atoms with Crippen molar-refractivity contribution in [3.8, 4) is 0 Å². The van der Waals surface area contributed by atoms with Crippen LogP contribution in [0.25, 0.3) is 0 Å². The minimum Gasteiger partial charge on any atom is -0.0861 e. The van der Waals surface area contributed by atoms with E-state index >= 15 is 0 Å². The van der Waals surface area contributed by atoms with Crippen molar-refractivity contribution in [3.63, 3.8) is 0 Å². The number of rotatable bonds is 7. The lowest BCUT2D eigenvalue weighted by atomic mass is 9.67. The molecule has 0 aromatic heterocycles. The van der Waals surface area contributed by atoms with E-state index in [1.165, 1.54) is 55.8 Å². The van der Waals surface area contributed by atoms with E-state index in [0.717, 1.165) is 29.6 Å². The van der Waals surface area contributed by atoms with Gasteiger partial charge >= 0.3 is 0 Å². The zero-order valence-corrected chi connectivity index (χ0v) is 16.6. The first kappa shape index (κ1) is 18.1. The van der Waals surface area contributed by atoms with Crippen molar-refractivity contribution in [2.45, 2.75) is 90.9 Å². The Morgan fingerprint density at radius 3 is 1.81 bits per heavy atom. The average Bonchev–Trinajstić information content (AvgIpc) is 2.55. The summed E-state index contributed by atoms with van der Waals surface area (Å²) in [5, 5.41) is 0. The molecule has 0 amide bonds. The van der Waals surface area contributed by atoms with Gasteiger partial charge in [-0.3, -0.25) is 0 Å². The zero-order valence-electron chi connectivity index (χ0n) is 14.5. The second-order valence-electron chi connectivity index (χ2n) is 8.07. The molecule has 0 radical (unpaired) electrons. The summed E-state index contributed by atoms with van der Waals surface area (Å²) in [6, 6.07) is 0. The monoisotopic (exact) mass is 404 g/mol. The Bertz CT molecular complexity index is 259. The molecule has 2 aliphatic rings. The molecular formula is C20H37I. The van der Waals surface area contributed by atoms with Crippen LogP contribution in [0.1, 0.15) is 90.9 Å². The van der Waals surface area contributed by atoms with Crippen LogP contribution in [0.4, 0.5) is 0 Å². The quantitative estimate of drug-likeness (QED) is 0.238. The van der Waals surface area contributed by atoms with Gasteiger partial charge in [-0.05, 0) is 68.1 Å². The first-order valence-electron chi connectivity index (χ1n) is 9.80. The topological polar surface area (TPSA) is 0 Å². The van der Waals surface area contributed by atoms with Crippen molar-refractivity contribution in [3.05, 3.63) is 0 Å². The summed E-state index contributed by atoms with van der Waals surface area (Å²) >= 11 is 2.59. The van der Waals surface area contributed by atoms with Gasteiger partial charge in [0.25, 0.3) is 0 Å². The number of alkyl halides is 1. The van der Waals surface area contributed by atoms with Gasteiger partial charge in [0.15, 0.2) is 0 Å². The molecule has 0 bridgehead atoms. The molecule has 21 heavy (non-hydrogen) atoms. The van der Waals surface area contributed by atoms with E-state index in [1.807, 2.05) is 0 Å². The molecule has 0 aromatic rings. The zero-order chi connectivity index (χ0) is 15.1. The Morgan fingerprint density at radius 2 is 1.33 bits per heavy atom. The summed E-state index contributed by atoms with van der Waals surface area (Å²) in [7, 11) is 0. The van der Waals surface area contributed by atoms with Crippen LogP contribution in [0.3, 0.4) is 0 Å². The molecule has 124 valence electrons. The summed E-state index contributed by atoms with van der Waals surface area (Å²) in [5.41, 5.74) is 0. The number of hydrogen-bond donors (Lipinski definition) is 0. The van der Waals surface area contributed by atoms with Crippen LogP contribution >= 0.6 is 22.6 Å². The maximum atomic E-state index is 2.59. The molecule has 2 aliphatic carbocycles. The average molecular weight is 404 g/mol. The van der Waals surface area contributed by atoms with Crippen molar-refractivity contribution < 1.29 is 0 Å². The summed E-state index contributed by atoms with van der Waals surface area (Å²) in [6.45, 7) is 4.92. The van der Waals surface area contributed by atoms with E-state index < -0.39 is 0 Å². The van der Waals surface area contributed by atoms with Crippen LogP contribution in [-0.4, -0.2) is 4.43 Å². The first-order chi connectivity index (χ1) is 10.2. The van der Waals surface area contributed by atoms with Gasteiger partial charge in [-0.2, -0.15) is 0 Å². The van der Waals surface area contributed by atoms with Gasteiger partial charge in [0.05, 0.1) is 0 Å². The van der Waals surface area contributed by atoms with Gasteiger partial charge in [0.1, 0.15) is 0 Å². The third-order valence-corrected chi connectivity index (χ3v) is 7.95. The number of unbranched alkanes of at least 4 members (excludes halogenated alkanes) is 2. The maximum absolute atomic E-state index is 2.59. The van der Waals surface area contributed by atoms with Crippen LogP contribution in [0.5, 0.6) is 0 Å². The van der Waals surface area contributed by atoms with Gasteiger partial charge in [-0.25, -0.2) is 0 Å². The minimum atomic E-state index is 1.01. The predicted molar refractivity (Wildman–Crippen MR) is 103 cm³/mol. The van der Waals surface area contributed by atoms with Gasteiger partial charge in [0.2, 0.25) is 0 Å². The van der Waals surface area contributed by atoms with E-state index in [-0.39, 0.29) is 0 Å². The van der Waals surface area contributed by atoms with Gasteiger partial charge in [0, 0.05) is 4.43 Å². The van der Waals surface area contributed by atoms with Crippen molar-refractivity contribution in [2.24, 2.45) is 29.6 Å². The summed E-state index contributed by atoms with van der Waals surface area (Å²) < 4.78 is 1.39. The molecule has 2 rings (SSSR count). The van der Waals surface area contributed by atoms with Crippen molar-refractivity contribution in [1.29, 1.82) is 0 Å². The highest BCUT2D eigenvalue weighted by Gasteiger charge is 2.31. The molecule has 1 atom stereocenters. The van der Waals surface area contributed by atoms with Crippen LogP contribution in [0.15, 0.2) is 0 Å². The van der Waals surface area contributed by atoms with Crippen LogP contribution in [-0.2, 0) is 0 Å². The summed E-state index contributed by atoms with van der Waals surface area (Å²) in [5.74, 6) is 5.26. The molecule has 0 aromatic carbocycles. The Hall–Kier alpha value is 0.730. The Balaban J connectivity index is 1.67. The molecule has 0 aliphatic heterocycles. The largest absolute Gasteiger partial charge is 0.0861 e. The van der Waals surface area contributed by atoms with Gasteiger partial charge in [-0.1, -0.05) is 75.0 Å². The molecule has 1 heteroatoms. The van der Waals surface area contributed by atoms with Gasteiger partial charge < -0.3 is 0 Å². The highest BCUT2D eigenvalue weighted by atomic mass is 127. The van der Waals surface area contributed by atoms with Crippen molar-refractivity contribution in [1.82, 2.24) is 0 Å². The second-order valence-corrected chi connectivity index (χ2v) is 8.95. The molecule has 2 fully saturated rings. The summed E-state index contributed by atoms with van der Waals surface area (Å²) in [6.07, 6.45) is 18.1. The second kappa shape index (κ2) is 9.78. The van der Waals surface area contributed by atoms with Crippen LogP contribution in [0.2, 0.25) is 0 Å².